The Labute approximate surface area is 210 Å². The molecule has 188 valence electrons. The first-order chi connectivity index (χ1) is 17.7. The molecule has 7 nitrogen and oxygen atoms in total. The number of benzene rings is 3. The molecule has 0 saturated carbocycles. The Balaban J connectivity index is 1.58. The summed E-state index contributed by atoms with van der Waals surface area (Å²) in [6, 6.07) is 14.9. The van der Waals surface area contributed by atoms with E-state index in [9.17, 15) is 22.7 Å². The predicted molar refractivity (Wildman–Crippen MR) is 138 cm³/mol. The van der Waals surface area contributed by atoms with Crippen LogP contribution in [0.25, 0.3) is 33.1 Å². The summed E-state index contributed by atoms with van der Waals surface area (Å²) in [5.41, 5.74) is 1.51. The molecule has 2 aromatic heterocycles. The minimum Gasteiger partial charge on any atom is -0.508 e. The standard InChI is InChI=1S/C27H21F2N3O4S/c1-2-11-37(35,36)32-23-10-8-21(28)24(25(23)29)26(34)16-5-9-22-19(12-16)20-13-17(14-30-27(20)31-22)15-3-6-18(33)7-4-15/h3-10,12-14,32-33H,2,11H2,1H3,(H,30,31). The number of nitrogens with zero attached hydrogens (tertiary/aromatic N) is 1. The van der Waals surface area contributed by atoms with Crippen molar-refractivity contribution in [1.82, 2.24) is 9.97 Å². The second-order valence-corrected chi connectivity index (χ2v) is 10.4. The smallest absolute Gasteiger partial charge is 0.232 e. The number of hydrogen-bond acceptors (Lipinski definition) is 5. The van der Waals surface area contributed by atoms with Crippen molar-refractivity contribution < 1.29 is 27.1 Å². The zero-order valence-electron chi connectivity index (χ0n) is 19.5. The number of hydrogen-bond donors (Lipinski definition) is 3. The number of fused-ring (bicyclic) bond motifs is 3. The van der Waals surface area contributed by atoms with Crippen LogP contribution in [0, 0.1) is 11.6 Å². The molecular weight excluding hydrogens is 500 g/mol. The molecule has 0 spiro atoms. The number of ketones is 1. The molecule has 0 aliphatic carbocycles. The van der Waals surface area contributed by atoms with Gasteiger partial charge in [0, 0.05) is 33.6 Å². The van der Waals surface area contributed by atoms with Gasteiger partial charge in [0.05, 0.1) is 17.0 Å². The molecule has 0 fully saturated rings. The van der Waals surface area contributed by atoms with Crippen molar-refractivity contribution in [1.29, 1.82) is 0 Å². The van der Waals surface area contributed by atoms with Crippen LogP contribution in [0.5, 0.6) is 5.75 Å². The highest BCUT2D eigenvalue weighted by Gasteiger charge is 2.24. The number of aromatic nitrogens is 2. The Kier molecular flexibility index (Phi) is 6.12. The van der Waals surface area contributed by atoms with Crippen LogP contribution in [0.2, 0.25) is 0 Å². The topological polar surface area (TPSA) is 112 Å². The van der Waals surface area contributed by atoms with Gasteiger partial charge >= 0.3 is 0 Å². The fraction of sp³-hybridized carbons (Fsp3) is 0.111. The molecule has 3 N–H and O–H groups in total. The number of H-pyrrole nitrogens is 1. The summed E-state index contributed by atoms with van der Waals surface area (Å²) in [6.45, 7) is 1.65. The summed E-state index contributed by atoms with van der Waals surface area (Å²) in [4.78, 5) is 20.9. The van der Waals surface area contributed by atoms with Crippen LogP contribution in [0.3, 0.4) is 0 Å². The minimum atomic E-state index is -3.85. The van der Waals surface area contributed by atoms with Crippen molar-refractivity contribution in [2.45, 2.75) is 13.3 Å². The number of halogens is 2. The third kappa shape index (κ3) is 4.63. The molecule has 5 rings (SSSR count). The van der Waals surface area contributed by atoms with Crippen molar-refractivity contribution in [2.75, 3.05) is 10.5 Å². The van der Waals surface area contributed by atoms with Gasteiger partial charge in [0.25, 0.3) is 0 Å². The van der Waals surface area contributed by atoms with Crippen LogP contribution in [0.15, 0.2) is 66.9 Å². The van der Waals surface area contributed by atoms with E-state index in [4.69, 9.17) is 0 Å². The van der Waals surface area contributed by atoms with Gasteiger partial charge in [-0.1, -0.05) is 19.1 Å². The molecule has 0 amide bonds. The highest BCUT2D eigenvalue weighted by Crippen LogP contribution is 2.31. The van der Waals surface area contributed by atoms with Crippen LogP contribution in [0.4, 0.5) is 14.5 Å². The van der Waals surface area contributed by atoms with E-state index in [0.29, 0.717) is 28.4 Å². The maximum absolute atomic E-state index is 15.2. The number of phenolic OH excluding ortho intramolecular Hbond substituents is 1. The molecule has 3 aromatic carbocycles. The number of phenols is 1. The molecule has 0 radical (unpaired) electrons. The van der Waals surface area contributed by atoms with Gasteiger partial charge in [0.1, 0.15) is 17.2 Å². The van der Waals surface area contributed by atoms with Crippen LogP contribution in [0.1, 0.15) is 29.3 Å². The average Bonchev–Trinajstić information content (AvgIpc) is 3.23. The lowest BCUT2D eigenvalue weighted by Gasteiger charge is -2.11. The van der Waals surface area contributed by atoms with E-state index in [1.165, 1.54) is 12.1 Å². The number of pyridine rings is 1. The van der Waals surface area contributed by atoms with Gasteiger partial charge in [-0.3, -0.25) is 9.52 Å². The monoisotopic (exact) mass is 521 g/mol. The number of sulfonamides is 1. The van der Waals surface area contributed by atoms with E-state index >= 15 is 4.39 Å². The average molecular weight is 522 g/mol. The number of aromatic amines is 1. The second kappa shape index (κ2) is 9.29. The number of anilines is 1. The van der Waals surface area contributed by atoms with E-state index in [0.717, 1.165) is 23.3 Å². The predicted octanol–water partition coefficient (Wildman–Crippen LogP) is 5.75. The number of aromatic hydroxyl groups is 1. The zero-order valence-corrected chi connectivity index (χ0v) is 20.4. The summed E-state index contributed by atoms with van der Waals surface area (Å²) >= 11 is 0. The third-order valence-corrected chi connectivity index (χ3v) is 7.45. The van der Waals surface area contributed by atoms with Crippen LogP contribution in [-0.2, 0) is 10.0 Å². The second-order valence-electron chi connectivity index (χ2n) is 8.59. The Morgan fingerprint density at radius 3 is 2.49 bits per heavy atom. The van der Waals surface area contributed by atoms with Gasteiger partial charge in [-0.15, -0.1) is 0 Å². The molecule has 0 aliphatic heterocycles. The molecule has 0 bridgehead atoms. The SMILES string of the molecule is CCCS(=O)(=O)Nc1ccc(F)c(C(=O)c2ccc3[nH]c4ncc(-c5ccc(O)cc5)cc4c3c2)c1F. The van der Waals surface area contributed by atoms with Crippen LogP contribution in [-0.4, -0.2) is 35.0 Å². The fourth-order valence-corrected chi connectivity index (χ4v) is 5.33. The molecule has 5 aromatic rings. The molecule has 0 saturated heterocycles. The van der Waals surface area contributed by atoms with Crippen LogP contribution >= 0.6 is 0 Å². The van der Waals surface area contributed by atoms with E-state index in [1.54, 1.807) is 43.5 Å². The molecule has 2 heterocycles. The van der Waals surface area contributed by atoms with Gasteiger partial charge in [-0.2, -0.15) is 0 Å². The molecule has 0 unspecified atom stereocenters. The van der Waals surface area contributed by atoms with Crippen molar-refractivity contribution in [2.24, 2.45) is 0 Å². The first-order valence-corrected chi connectivity index (χ1v) is 13.1. The first kappa shape index (κ1) is 24.4. The lowest BCUT2D eigenvalue weighted by atomic mass is 9.99. The van der Waals surface area contributed by atoms with E-state index in [2.05, 4.69) is 14.7 Å². The maximum Gasteiger partial charge on any atom is 0.232 e. The maximum atomic E-state index is 15.2. The van der Waals surface area contributed by atoms with E-state index in [-0.39, 0.29) is 17.1 Å². The number of carbonyl (C=O) groups excluding carboxylic acids is 1. The Morgan fingerprint density at radius 1 is 1.00 bits per heavy atom. The van der Waals surface area contributed by atoms with E-state index < -0.39 is 38.7 Å². The largest absolute Gasteiger partial charge is 0.508 e. The molecule has 0 atom stereocenters. The zero-order chi connectivity index (χ0) is 26.3. The Hall–Kier alpha value is -4.31. The normalized spacial score (nSPS) is 11.8. The van der Waals surface area contributed by atoms with Crippen molar-refractivity contribution in [3.8, 4) is 16.9 Å². The van der Waals surface area contributed by atoms with Gasteiger partial charge < -0.3 is 10.1 Å². The number of nitrogens with one attached hydrogen (secondary N) is 2. The van der Waals surface area contributed by atoms with Crippen LogP contribution < -0.4 is 4.72 Å². The third-order valence-electron chi connectivity index (χ3n) is 5.97. The van der Waals surface area contributed by atoms with Gasteiger partial charge in [0.2, 0.25) is 10.0 Å². The molecular formula is C27H21F2N3O4S. The fourth-order valence-electron chi connectivity index (χ4n) is 4.20. The van der Waals surface area contributed by atoms with Crippen molar-refractivity contribution in [3.05, 3.63) is 89.6 Å². The summed E-state index contributed by atoms with van der Waals surface area (Å²) in [7, 11) is -3.85. The van der Waals surface area contributed by atoms with Crippen molar-refractivity contribution in [3.63, 3.8) is 0 Å². The summed E-state index contributed by atoms with van der Waals surface area (Å²) in [6.07, 6.45) is 1.98. The highest BCUT2D eigenvalue weighted by atomic mass is 32.2. The first-order valence-electron chi connectivity index (χ1n) is 11.4. The molecule has 10 heteroatoms. The number of rotatable bonds is 7. The minimum absolute atomic E-state index is 0.0230. The quantitative estimate of drug-likeness (QED) is 0.236. The van der Waals surface area contributed by atoms with Gasteiger partial charge in [-0.25, -0.2) is 22.2 Å². The lowest BCUT2D eigenvalue weighted by Crippen LogP contribution is -2.18. The molecule has 37 heavy (non-hydrogen) atoms. The summed E-state index contributed by atoms with van der Waals surface area (Å²) in [5.74, 6) is -3.42. The Bertz CT molecular complexity index is 1780. The summed E-state index contributed by atoms with van der Waals surface area (Å²) < 4.78 is 56.1. The lowest BCUT2D eigenvalue weighted by molar-refractivity contribution is 0.103. The molecule has 0 aliphatic rings. The highest BCUT2D eigenvalue weighted by molar-refractivity contribution is 7.92. The Morgan fingerprint density at radius 2 is 1.76 bits per heavy atom. The van der Waals surface area contributed by atoms with Crippen molar-refractivity contribution >= 4 is 43.4 Å². The number of carbonyl (C=O) groups is 1. The van der Waals surface area contributed by atoms with E-state index in [1.807, 2.05) is 6.07 Å². The van der Waals surface area contributed by atoms with Gasteiger partial charge in [-0.05, 0) is 60.5 Å². The van der Waals surface area contributed by atoms with Gasteiger partial charge in [0.15, 0.2) is 11.6 Å². The summed E-state index contributed by atoms with van der Waals surface area (Å²) in [5, 5.41) is 10.9.